The molecule has 30 valence electrons. The second-order valence-electron chi connectivity index (χ2n) is 1.39. The summed E-state index contributed by atoms with van der Waals surface area (Å²) in [5, 5.41) is 0. The van der Waals surface area contributed by atoms with Crippen LogP contribution in [0.2, 0.25) is 0 Å². The van der Waals surface area contributed by atoms with E-state index in [2.05, 4.69) is 0 Å². The van der Waals surface area contributed by atoms with Crippen molar-refractivity contribution in [3.63, 3.8) is 0 Å². The molecule has 2 unspecified atom stereocenters. The summed E-state index contributed by atoms with van der Waals surface area (Å²) in [6, 6.07) is 0. The van der Waals surface area contributed by atoms with Crippen LogP contribution >= 0.6 is 0 Å². The predicted molar refractivity (Wildman–Crippen MR) is 23.1 cm³/mol. The van der Waals surface area contributed by atoms with Crippen molar-refractivity contribution in [1.82, 2.24) is 0 Å². The Balaban J connectivity index is 2.26. The molecule has 0 aliphatic heterocycles. The molecule has 0 nitrogen and oxygen atoms in total. The Morgan fingerprint density at radius 2 is 1.60 bits per heavy atom. The number of hydrogen-bond donors (Lipinski definition) is 0. The van der Waals surface area contributed by atoms with Gasteiger partial charge in [0.1, 0.15) is 0 Å². The van der Waals surface area contributed by atoms with Crippen molar-refractivity contribution in [3.8, 4) is 0 Å². The highest BCUT2D eigenvalue weighted by atomic mass is 14.0. The van der Waals surface area contributed by atoms with E-state index >= 15 is 0 Å². The quantitative estimate of drug-likeness (QED) is 0.410. The third-order valence-corrected chi connectivity index (χ3v) is 0.908. The van der Waals surface area contributed by atoms with Crippen molar-refractivity contribution in [3.05, 3.63) is 0 Å². The third kappa shape index (κ3) is 0.640. The van der Waals surface area contributed by atoms with Crippen molar-refractivity contribution in [2.75, 3.05) is 0 Å². The van der Waals surface area contributed by atoms with Gasteiger partial charge in [0.25, 0.3) is 0 Å². The topological polar surface area (TPSA) is 0 Å². The van der Waals surface area contributed by atoms with Crippen molar-refractivity contribution in [2.45, 2.75) is 32.1 Å². The van der Waals surface area contributed by atoms with Gasteiger partial charge in [-0.3, -0.25) is 0 Å². The van der Waals surface area contributed by atoms with E-state index in [0.29, 0.717) is 0 Å². The third-order valence-electron chi connectivity index (χ3n) is 0.908. The van der Waals surface area contributed by atoms with Crippen LogP contribution in [0.3, 0.4) is 0 Å². The molecule has 0 radical (unpaired) electrons. The van der Waals surface area contributed by atoms with Crippen LogP contribution < -0.4 is 0 Å². The molecule has 0 saturated heterocycles. The Hall–Kier alpha value is 0. The molecule has 2 atom stereocenters. The molecular weight excluding hydrogens is 60.1 g/mol. The second kappa shape index (κ2) is 1.44. The van der Waals surface area contributed by atoms with E-state index in [1.54, 1.807) is 0 Å². The summed E-state index contributed by atoms with van der Waals surface area (Å²) in [6.07, 6.45) is 2.88. The summed E-state index contributed by atoms with van der Waals surface area (Å²) in [7, 11) is 0. The van der Waals surface area contributed by atoms with E-state index in [9.17, 15) is 0 Å². The lowest BCUT2D eigenvalue weighted by molar-refractivity contribution is 0.886. The van der Waals surface area contributed by atoms with Gasteiger partial charge in [-0.05, 0) is 0 Å². The molecule has 0 aromatic heterocycles. The Morgan fingerprint density at radius 3 is 1.80 bits per heavy atom. The zero-order chi connectivity index (χ0) is 5.28. The van der Waals surface area contributed by atoms with Gasteiger partial charge in [0.05, 0.1) is 0 Å². The molecular formula is C5H10. The van der Waals surface area contributed by atoms with E-state index in [-0.39, 0.29) is 12.8 Å². The molecule has 1 rings (SSSR count). The average molecular weight is 72.1 g/mol. The fourth-order valence-corrected chi connectivity index (χ4v) is 0.589. The molecule has 0 spiro atoms. The molecule has 1 aliphatic carbocycles. The molecule has 0 aromatic rings. The first-order valence-electron chi connectivity index (χ1n) is 3.29. The highest BCUT2D eigenvalue weighted by Gasteiger charge is 1.95. The van der Waals surface area contributed by atoms with Crippen LogP contribution in [0.25, 0.3) is 0 Å². The SMILES string of the molecule is [2H]C1CCC([2H])C1. The standard InChI is InChI=1S/C5H10/c1-2-4-5-3-1/h1-5H2/i1D,4D. The lowest BCUT2D eigenvalue weighted by Gasteiger charge is -1.67. The van der Waals surface area contributed by atoms with E-state index in [1.165, 1.54) is 0 Å². The molecule has 5 heavy (non-hydrogen) atoms. The monoisotopic (exact) mass is 72.1 g/mol. The van der Waals surface area contributed by atoms with Gasteiger partial charge in [-0.2, -0.15) is 0 Å². The lowest BCUT2D eigenvalue weighted by atomic mass is 10.4. The van der Waals surface area contributed by atoms with Crippen molar-refractivity contribution in [1.29, 1.82) is 0 Å². The predicted octanol–water partition coefficient (Wildman–Crippen LogP) is 1.95. The molecule has 1 saturated carbocycles. The van der Waals surface area contributed by atoms with Gasteiger partial charge >= 0.3 is 0 Å². The Morgan fingerprint density at radius 1 is 1.00 bits per heavy atom. The molecule has 0 aromatic carbocycles. The van der Waals surface area contributed by atoms with E-state index in [4.69, 9.17) is 2.74 Å². The zero-order valence-electron chi connectivity index (χ0n) is 5.28. The second-order valence-corrected chi connectivity index (χ2v) is 1.39. The highest BCUT2D eigenvalue weighted by Crippen LogP contribution is 2.15. The summed E-state index contributed by atoms with van der Waals surface area (Å²) in [6.45, 7) is 0. The molecule has 0 amide bonds. The van der Waals surface area contributed by atoms with Crippen molar-refractivity contribution >= 4 is 0 Å². The molecule has 0 N–H and O–H groups in total. The van der Waals surface area contributed by atoms with E-state index < -0.39 is 0 Å². The number of hydrogen-bond acceptors (Lipinski definition) is 0. The molecule has 0 bridgehead atoms. The van der Waals surface area contributed by atoms with Crippen LogP contribution in [0.4, 0.5) is 0 Å². The zero-order valence-corrected chi connectivity index (χ0v) is 3.28. The van der Waals surface area contributed by atoms with Crippen LogP contribution in [0.15, 0.2) is 0 Å². The lowest BCUT2D eigenvalue weighted by Crippen LogP contribution is -1.47. The molecule has 0 heterocycles. The van der Waals surface area contributed by atoms with Gasteiger partial charge in [-0.1, -0.05) is 32.1 Å². The van der Waals surface area contributed by atoms with Crippen LogP contribution in [0.1, 0.15) is 34.8 Å². The summed E-state index contributed by atoms with van der Waals surface area (Å²) in [5.74, 6) is 0. The van der Waals surface area contributed by atoms with Gasteiger partial charge in [-0.15, -0.1) is 0 Å². The van der Waals surface area contributed by atoms with Gasteiger partial charge in [0.15, 0.2) is 0 Å². The molecule has 0 heteroatoms. The number of rotatable bonds is 0. The van der Waals surface area contributed by atoms with Gasteiger partial charge < -0.3 is 0 Å². The maximum atomic E-state index is 7.14. The van der Waals surface area contributed by atoms with Crippen LogP contribution in [-0.2, 0) is 0 Å². The first-order valence-corrected chi connectivity index (χ1v) is 2.13. The molecule has 1 fully saturated rings. The summed E-state index contributed by atoms with van der Waals surface area (Å²) < 4.78 is 14.3. The summed E-state index contributed by atoms with van der Waals surface area (Å²) in [4.78, 5) is 0. The smallest absolute Gasteiger partial charge is 0.0267 e. The highest BCUT2D eigenvalue weighted by molar-refractivity contribution is 4.51. The van der Waals surface area contributed by atoms with Gasteiger partial charge in [0, 0.05) is 2.74 Å². The first kappa shape index (κ1) is 1.63. The van der Waals surface area contributed by atoms with Crippen molar-refractivity contribution < 1.29 is 2.74 Å². The van der Waals surface area contributed by atoms with Gasteiger partial charge in [0.2, 0.25) is 0 Å². The Bertz CT molecular complexity index is 55.1. The fraction of sp³-hybridized carbons (Fsp3) is 1.00. The first-order chi connectivity index (χ1) is 3.29. The Kier molecular flexibility index (Phi) is 0.470. The minimum Gasteiger partial charge on any atom is -0.0533 e. The van der Waals surface area contributed by atoms with Crippen LogP contribution in [0.5, 0.6) is 0 Å². The average Bonchev–Trinajstić information content (AvgIpc) is 1.87. The van der Waals surface area contributed by atoms with Crippen LogP contribution in [-0.4, -0.2) is 0 Å². The summed E-state index contributed by atoms with van der Waals surface area (Å²) >= 11 is 0. The van der Waals surface area contributed by atoms with Crippen molar-refractivity contribution in [2.24, 2.45) is 0 Å². The fourth-order valence-electron chi connectivity index (χ4n) is 0.589. The van der Waals surface area contributed by atoms with E-state index in [0.717, 1.165) is 19.3 Å². The summed E-state index contributed by atoms with van der Waals surface area (Å²) in [5.41, 5.74) is 0. The minimum absolute atomic E-state index is 0.0856. The maximum Gasteiger partial charge on any atom is 0.0267 e. The van der Waals surface area contributed by atoms with E-state index in [1.807, 2.05) is 0 Å². The van der Waals surface area contributed by atoms with Crippen LogP contribution in [0, 0.1) is 0 Å². The minimum atomic E-state index is 0.0856. The normalized spacial score (nSPS) is 59.2. The molecule has 1 aliphatic rings. The largest absolute Gasteiger partial charge is 0.0533 e. The Labute approximate surface area is 36.0 Å². The van der Waals surface area contributed by atoms with Gasteiger partial charge in [-0.25, -0.2) is 0 Å². The maximum absolute atomic E-state index is 7.14.